The molecule has 0 aliphatic heterocycles. The Morgan fingerprint density at radius 3 is 1.44 bits per heavy atom. The summed E-state index contributed by atoms with van der Waals surface area (Å²) in [6.07, 6.45) is 0. The van der Waals surface area contributed by atoms with Crippen LogP contribution in [0, 0.1) is 26.0 Å². The third-order valence-electron chi connectivity index (χ3n) is 2.38. The predicted molar refractivity (Wildman–Crippen MR) is 59.0 cm³/mol. The maximum Gasteiger partial charge on any atom is 0 e. The van der Waals surface area contributed by atoms with E-state index in [2.05, 4.69) is 38.1 Å². The Morgan fingerprint density at radius 2 is 1.12 bits per heavy atom. The minimum absolute atomic E-state index is 0. The normalized spacial score (nSPS) is 8.88. The minimum Gasteiger partial charge on any atom is -0.223 e. The van der Waals surface area contributed by atoms with E-state index in [1.165, 1.54) is 11.1 Å². The zero-order valence-corrected chi connectivity index (χ0v) is 15.3. The molecule has 2 heteroatoms. The van der Waals surface area contributed by atoms with E-state index in [0.717, 1.165) is 11.1 Å². The van der Waals surface area contributed by atoms with Gasteiger partial charge < -0.3 is 0 Å². The summed E-state index contributed by atoms with van der Waals surface area (Å²) in [5.74, 6) is 0. The Balaban J connectivity index is 0.00000112. The summed E-state index contributed by atoms with van der Waals surface area (Å²) in [5.41, 5.74) is 4.81. The molecule has 0 amide bonds. The Morgan fingerprint density at radius 1 is 0.750 bits per heavy atom. The van der Waals surface area contributed by atoms with Gasteiger partial charge in [-0.2, -0.15) is 47.5 Å². The molecule has 0 unspecified atom stereocenters. The maximum atomic E-state index is 3.26. The van der Waals surface area contributed by atoms with Gasteiger partial charge in [-0.1, -0.05) is 13.8 Å². The van der Waals surface area contributed by atoms with Crippen LogP contribution in [0.25, 0.3) is 11.1 Å². The summed E-state index contributed by atoms with van der Waals surface area (Å²) in [4.78, 5) is 0. The van der Waals surface area contributed by atoms with Gasteiger partial charge in [0.25, 0.3) is 0 Å². The van der Waals surface area contributed by atoms with Gasteiger partial charge in [0.2, 0.25) is 0 Å². The van der Waals surface area contributed by atoms with Crippen LogP contribution in [0.1, 0.15) is 11.1 Å². The molecule has 0 atom stereocenters. The van der Waals surface area contributed by atoms with Gasteiger partial charge in [0.15, 0.2) is 0 Å². The van der Waals surface area contributed by atoms with E-state index in [1.54, 1.807) is 0 Å². The first-order chi connectivity index (χ1) is 6.79. The van der Waals surface area contributed by atoms with Crippen molar-refractivity contribution in [3.63, 3.8) is 0 Å². The van der Waals surface area contributed by atoms with E-state index in [1.807, 2.05) is 24.3 Å². The van der Waals surface area contributed by atoms with Crippen molar-refractivity contribution in [3.05, 3.63) is 59.7 Å². The Kier molecular flexibility index (Phi) is 8.19. The van der Waals surface area contributed by atoms with Gasteiger partial charge in [-0.25, -0.2) is 11.1 Å². The summed E-state index contributed by atoms with van der Waals surface area (Å²) >= 11 is 0. The largest absolute Gasteiger partial charge is 0.223 e. The summed E-state index contributed by atoms with van der Waals surface area (Å²) < 4.78 is 0. The van der Waals surface area contributed by atoms with Gasteiger partial charge in [0, 0.05) is 65.4 Å². The summed E-state index contributed by atoms with van der Waals surface area (Å²) in [5, 5.41) is 0. The van der Waals surface area contributed by atoms with Crippen molar-refractivity contribution in [3.8, 4) is 11.1 Å². The number of hydrogen-bond acceptors (Lipinski definition) is 0. The van der Waals surface area contributed by atoms with Crippen molar-refractivity contribution in [2.24, 2.45) is 0 Å². The number of aryl methyl sites for hydroxylation is 2. The van der Waals surface area contributed by atoms with Gasteiger partial charge in [-0.3, -0.25) is 0 Å². The average molecular weight is 358 g/mol. The fraction of sp³-hybridized carbons (Fsp3) is 0.143. The first-order valence-corrected chi connectivity index (χ1v) is 4.74. The molecule has 0 saturated carbocycles. The van der Waals surface area contributed by atoms with E-state index >= 15 is 0 Å². The molecule has 2 aromatic carbocycles. The fourth-order valence-electron chi connectivity index (χ4n) is 1.58. The molecule has 16 heavy (non-hydrogen) atoms. The van der Waals surface area contributed by atoms with Crippen molar-refractivity contribution in [2.75, 3.05) is 0 Å². The number of hydrogen-bond donors (Lipinski definition) is 0. The van der Waals surface area contributed by atoms with Crippen LogP contribution in [0.15, 0.2) is 36.4 Å². The molecule has 2 aromatic rings. The van der Waals surface area contributed by atoms with Crippen LogP contribution >= 0.6 is 0 Å². The van der Waals surface area contributed by atoms with Crippen LogP contribution in [0.3, 0.4) is 0 Å². The van der Waals surface area contributed by atoms with E-state index in [0.29, 0.717) is 0 Å². The van der Waals surface area contributed by atoms with Crippen molar-refractivity contribution in [1.82, 2.24) is 0 Å². The predicted octanol–water partition coefficient (Wildman–Crippen LogP) is 3.57. The SMILES string of the molecule is Cc1ccc[c-]c1-c1[c-]cccc1C.[Y].[Y]. The third kappa shape index (κ3) is 3.84. The van der Waals surface area contributed by atoms with Gasteiger partial charge in [0.05, 0.1) is 0 Å². The minimum atomic E-state index is 0. The summed E-state index contributed by atoms with van der Waals surface area (Å²) in [6, 6.07) is 18.6. The molecule has 76 valence electrons. The Hall–Kier alpha value is 0.648. The fourth-order valence-corrected chi connectivity index (χ4v) is 1.58. The molecule has 0 aliphatic rings. The molecule has 0 saturated heterocycles. The first-order valence-electron chi connectivity index (χ1n) is 4.74. The second-order valence-electron chi connectivity index (χ2n) is 3.46. The quantitative estimate of drug-likeness (QED) is 0.684. The van der Waals surface area contributed by atoms with E-state index in [9.17, 15) is 0 Å². The molecule has 0 heterocycles. The van der Waals surface area contributed by atoms with Crippen molar-refractivity contribution < 1.29 is 65.4 Å². The van der Waals surface area contributed by atoms with Crippen LogP contribution in [0.5, 0.6) is 0 Å². The van der Waals surface area contributed by atoms with Crippen molar-refractivity contribution in [1.29, 1.82) is 0 Å². The topological polar surface area (TPSA) is 0 Å². The molecule has 0 fully saturated rings. The van der Waals surface area contributed by atoms with Gasteiger partial charge in [0.1, 0.15) is 0 Å². The maximum absolute atomic E-state index is 3.26. The van der Waals surface area contributed by atoms with E-state index in [4.69, 9.17) is 0 Å². The number of benzene rings is 2. The number of rotatable bonds is 1. The molecule has 2 rings (SSSR count). The molecule has 0 aliphatic carbocycles. The molecule has 0 N–H and O–H groups in total. The van der Waals surface area contributed by atoms with Crippen LogP contribution < -0.4 is 0 Å². The zero-order valence-electron chi connectivity index (χ0n) is 9.62. The second-order valence-corrected chi connectivity index (χ2v) is 3.46. The average Bonchev–Trinajstić information content (AvgIpc) is 2.20. The second kappa shape index (κ2) is 7.87. The summed E-state index contributed by atoms with van der Waals surface area (Å²) in [6.45, 7) is 4.21. The first kappa shape index (κ1) is 16.6. The van der Waals surface area contributed by atoms with E-state index < -0.39 is 0 Å². The van der Waals surface area contributed by atoms with Crippen LogP contribution in [-0.4, -0.2) is 0 Å². The van der Waals surface area contributed by atoms with Crippen LogP contribution in [0.2, 0.25) is 0 Å². The zero-order chi connectivity index (χ0) is 9.97. The van der Waals surface area contributed by atoms with Crippen LogP contribution in [-0.2, 0) is 65.4 Å². The van der Waals surface area contributed by atoms with Gasteiger partial charge in [-0.15, -0.1) is 12.1 Å². The van der Waals surface area contributed by atoms with Crippen molar-refractivity contribution >= 4 is 0 Å². The monoisotopic (exact) mass is 358 g/mol. The van der Waals surface area contributed by atoms with E-state index in [-0.39, 0.29) is 65.4 Å². The molecule has 0 spiro atoms. The summed E-state index contributed by atoms with van der Waals surface area (Å²) in [7, 11) is 0. The standard InChI is InChI=1S/C14H12.2Y/c1-11-7-3-5-9-13(11)14-10-6-4-8-12(14)2;;/h3-8H,1-2H3;;/q-2;;. The molecule has 0 nitrogen and oxygen atoms in total. The van der Waals surface area contributed by atoms with Gasteiger partial charge in [-0.05, 0) is 0 Å². The molecule has 0 bridgehead atoms. The molecule has 0 aromatic heterocycles. The Bertz CT molecular complexity index is 406. The Labute approximate surface area is 148 Å². The molecular formula is C14H12Y2-2. The smallest absolute Gasteiger partial charge is 0 e. The van der Waals surface area contributed by atoms with Gasteiger partial charge >= 0.3 is 0 Å². The van der Waals surface area contributed by atoms with Crippen molar-refractivity contribution in [2.45, 2.75) is 13.8 Å². The third-order valence-corrected chi connectivity index (χ3v) is 2.38. The van der Waals surface area contributed by atoms with Crippen LogP contribution in [0.4, 0.5) is 0 Å². The molecular weight excluding hydrogens is 346 g/mol. The molecule has 2 radical (unpaired) electrons.